The minimum absolute atomic E-state index is 0.0731. The number of hydrogen-bond acceptors (Lipinski definition) is 5. The Bertz CT molecular complexity index is 892. The standard InChI is InChI=1S/C14H13F2N5O2S/c15-14(16)12-9-13(20-7-5-18-6-8-20)21(19-12)10-1-3-11(4-2-10)24(17,22)23/h1-9,14,18H,(H2,17,22,23). The highest BCUT2D eigenvalue weighted by Crippen LogP contribution is 2.28. The molecule has 3 N–H and O–H groups in total. The lowest BCUT2D eigenvalue weighted by molar-refractivity contribution is 0.145. The molecule has 0 radical (unpaired) electrons. The average Bonchev–Trinajstić information content (AvgIpc) is 3.00. The third kappa shape index (κ3) is 3.14. The summed E-state index contributed by atoms with van der Waals surface area (Å²) in [5.41, 5.74) is 0.0329. The predicted molar refractivity (Wildman–Crippen MR) is 83.8 cm³/mol. The molecule has 2 heterocycles. The summed E-state index contributed by atoms with van der Waals surface area (Å²) in [5, 5.41) is 11.8. The van der Waals surface area contributed by atoms with Crippen LogP contribution in [0.1, 0.15) is 12.1 Å². The van der Waals surface area contributed by atoms with E-state index in [9.17, 15) is 17.2 Å². The molecule has 126 valence electrons. The zero-order valence-electron chi connectivity index (χ0n) is 12.2. The van der Waals surface area contributed by atoms with Crippen molar-refractivity contribution in [2.75, 3.05) is 4.90 Å². The summed E-state index contributed by atoms with van der Waals surface area (Å²) in [6.45, 7) is 0. The highest BCUT2D eigenvalue weighted by molar-refractivity contribution is 7.89. The number of alkyl halides is 2. The molecule has 1 aliphatic heterocycles. The maximum absolute atomic E-state index is 13.0. The van der Waals surface area contributed by atoms with E-state index in [0.717, 1.165) is 0 Å². The molecule has 1 aromatic carbocycles. The van der Waals surface area contributed by atoms with Gasteiger partial charge in [-0.05, 0) is 24.3 Å². The van der Waals surface area contributed by atoms with Gasteiger partial charge < -0.3 is 10.2 Å². The number of nitrogens with zero attached hydrogens (tertiary/aromatic N) is 3. The van der Waals surface area contributed by atoms with Crippen molar-refractivity contribution in [3.63, 3.8) is 0 Å². The van der Waals surface area contributed by atoms with Gasteiger partial charge in [-0.3, -0.25) is 0 Å². The summed E-state index contributed by atoms with van der Waals surface area (Å²) in [6, 6.07) is 6.74. The average molecular weight is 353 g/mol. The van der Waals surface area contributed by atoms with Crippen LogP contribution in [0.15, 0.2) is 60.0 Å². The zero-order chi connectivity index (χ0) is 17.3. The van der Waals surface area contributed by atoms with Crippen LogP contribution in [-0.4, -0.2) is 18.2 Å². The van der Waals surface area contributed by atoms with Gasteiger partial charge >= 0.3 is 0 Å². The first-order valence-electron chi connectivity index (χ1n) is 6.75. The third-order valence-electron chi connectivity index (χ3n) is 3.27. The minimum atomic E-state index is -3.83. The number of halogens is 2. The van der Waals surface area contributed by atoms with Crippen molar-refractivity contribution in [3.05, 3.63) is 60.8 Å². The molecule has 0 atom stereocenters. The summed E-state index contributed by atoms with van der Waals surface area (Å²) < 4.78 is 50.0. The summed E-state index contributed by atoms with van der Waals surface area (Å²) in [4.78, 5) is 1.53. The van der Waals surface area contributed by atoms with Gasteiger partial charge in [0.2, 0.25) is 10.0 Å². The van der Waals surface area contributed by atoms with Crippen LogP contribution in [-0.2, 0) is 10.0 Å². The molecule has 0 spiro atoms. The number of rotatable bonds is 4. The smallest absolute Gasteiger partial charge is 0.282 e. The number of nitrogens with two attached hydrogens (primary N) is 1. The Labute approximate surface area is 136 Å². The normalized spacial score (nSPS) is 14.2. The van der Waals surface area contributed by atoms with Gasteiger partial charge in [-0.15, -0.1) is 0 Å². The van der Waals surface area contributed by atoms with E-state index in [1.165, 1.54) is 35.0 Å². The van der Waals surface area contributed by atoms with E-state index in [4.69, 9.17) is 5.14 Å². The summed E-state index contributed by atoms with van der Waals surface area (Å²) >= 11 is 0. The van der Waals surface area contributed by atoms with Crippen molar-refractivity contribution in [1.82, 2.24) is 15.1 Å². The molecule has 1 aromatic heterocycles. The van der Waals surface area contributed by atoms with E-state index in [-0.39, 0.29) is 10.6 Å². The molecule has 0 bridgehead atoms. The Hall–Kier alpha value is -2.72. The van der Waals surface area contributed by atoms with Crippen molar-refractivity contribution < 1.29 is 17.2 Å². The fraction of sp³-hybridized carbons (Fsp3) is 0.0714. The summed E-state index contributed by atoms with van der Waals surface area (Å²) in [5.74, 6) is 0.377. The van der Waals surface area contributed by atoms with E-state index in [1.807, 2.05) is 0 Å². The van der Waals surface area contributed by atoms with Crippen molar-refractivity contribution in [2.45, 2.75) is 11.3 Å². The molecule has 10 heteroatoms. The lowest BCUT2D eigenvalue weighted by Gasteiger charge is -2.19. The molecule has 0 aliphatic carbocycles. The monoisotopic (exact) mass is 353 g/mol. The van der Waals surface area contributed by atoms with Gasteiger partial charge in [0, 0.05) is 30.9 Å². The maximum Gasteiger partial charge on any atom is 0.282 e. The van der Waals surface area contributed by atoms with E-state index in [0.29, 0.717) is 11.5 Å². The first-order chi connectivity index (χ1) is 11.4. The molecule has 7 nitrogen and oxygen atoms in total. The first kappa shape index (κ1) is 16.1. The van der Waals surface area contributed by atoms with Gasteiger partial charge in [0.25, 0.3) is 6.43 Å². The molecule has 3 rings (SSSR count). The second-order valence-corrected chi connectivity index (χ2v) is 6.45. The van der Waals surface area contributed by atoms with E-state index < -0.39 is 16.4 Å². The van der Waals surface area contributed by atoms with Gasteiger partial charge in [0.15, 0.2) is 0 Å². The van der Waals surface area contributed by atoms with Gasteiger partial charge in [-0.1, -0.05) is 0 Å². The largest absolute Gasteiger partial charge is 0.365 e. The Morgan fingerprint density at radius 1 is 1.12 bits per heavy atom. The quantitative estimate of drug-likeness (QED) is 0.874. The number of sulfonamides is 1. The molecular formula is C14H13F2N5O2S. The van der Waals surface area contributed by atoms with Crippen molar-refractivity contribution in [2.24, 2.45) is 5.14 Å². The van der Waals surface area contributed by atoms with E-state index in [2.05, 4.69) is 10.4 Å². The number of benzene rings is 1. The summed E-state index contributed by atoms with van der Waals surface area (Å²) in [6.07, 6.45) is 3.81. The predicted octanol–water partition coefficient (Wildman–Crippen LogP) is 1.81. The van der Waals surface area contributed by atoms with Crippen LogP contribution in [0, 0.1) is 0 Å². The lowest BCUT2D eigenvalue weighted by atomic mass is 10.3. The molecule has 24 heavy (non-hydrogen) atoms. The van der Waals surface area contributed by atoms with E-state index >= 15 is 0 Å². The molecule has 2 aromatic rings. The van der Waals surface area contributed by atoms with Gasteiger partial charge in [0.05, 0.1) is 10.6 Å². The third-order valence-corrected chi connectivity index (χ3v) is 4.20. The molecule has 0 saturated heterocycles. The highest BCUT2D eigenvalue weighted by atomic mass is 32.2. The molecule has 0 unspecified atom stereocenters. The van der Waals surface area contributed by atoms with Crippen LogP contribution in [0.25, 0.3) is 5.69 Å². The minimum Gasteiger partial charge on any atom is -0.365 e. The lowest BCUT2D eigenvalue weighted by Crippen LogP contribution is -2.17. The number of hydrogen-bond donors (Lipinski definition) is 2. The Morgan fingerprint density at radius 2 is 1.75 bits per heavy atom. The molecule has 0 amide bonds. The van der Waals surface area contributed by atoms with Crippen LogP contribution in [0.2, 0.25) is 0 Å². The van der Waals surface area contributed by atoms with Gasteiger partial charge in [0.1, 0.15) is 11.5 Å². The van der Waals surface area contributed by atoms with Crippen LogP contribution >= 0.6 is 0 Å². The maximum atomic E-state index is 13.0. The van der Waals surface area contributed by atoms with Crippen molar-refractivity contribution in [1.29, 1.82) is 0 Å². The number of anilines is 1. The second-order valence-electron chi connectivity index (χ2n) is 4.88. The first-order valence-corrected chi connectivity index (χ1v) is 8.30. The fourth-order valence-electron chi connectivity index (χ4n) is 2.15. The fourth-order valence-corrected chi connectivity index (χ4v) is 2.67. The van der Waals surface area contributed by atoms with Gasteiger partial charge in [-0.25, -0.2) is 27.0 Å². The highest BCUT2D eigenvalue weighted by Gasteiger charge is 2.20. The number of primary sulfonamides is 1. The SMILES string of the molecule is NS(=O)(=O)c1ccc(-n2nc(C(F)F)cc2N2C=CNC=C2)cc1. The van der Waals surface area contributed by atoms with Crippen LogP contribution < -0.4 is 15.4 Å². The van der Waals surface area contributed by atoms with Crippen LogP contribution in [0.3, 0.4) is 0 Å². The molecule has 0 saturated carbocycles. The molecular weight excluding hydrogens is 340 g/mol. The molecule has 0 fully saturated rings. The second kappa shape index (κ2) is 6.06. The number of nitrogens with one attached hydrogen (secondary N) is 1. The number of aromatic nitrogens is 2. The summed E-state index contributed by atoms with van der Waals surface area (Å²) in [7, 11) is -3.83. The van der Waals surface area contributed by atoms with Crippen molar-refractivity contribution >= 4 is 15.8 Å². The van der Waals surface area contributed by atoms with Crippen LogP contribution in [0.5, 0.6) is 0 Å². The van der Waals surface area contributed by atoms with E-state index in [1.54, 1.807) is 29.7 Å². The Kier molecular flexibility index (Phi) is 4.08. The topological polar surface area (TPSA) is 93.2 Å². The Balaban J connectivity index is 2.07. The molecule has 1 aliphatic rings. The van der Waals surface area contributed by atoms with Gasteiger partial charge in [-0.2, -0.15) is 5.10 Å². The van der Waals surface area contributed by atoms with Crippen LogP contribution in [0.4, 0.5) is 14.6 Å². The van der Waals surface area contributed by atoms with Crippen molar-refractivity contribution in [3.8, 4) is 5.69 Å². The zero-order valence-corrected chi connectivity index (χ0v) is 13.0. The Morgan fingerprint density at radius 3 is 2.29 bits per heavy atom.